The van der Waals surface area contributed by atoms with Crippen molar-refractivity contribution < 1.29 is 4.79 Å². The van der Waals surface area contributed by atoms with Crippen LogP contribution in [-0.2, 0) is 0 Å². The van der Waals surface area contributed by atoms with E-state index in [0.29, 0.717) is 18.7 Å². The highest BCUT2D eigenvalue weighted by Crippen LogP contribution is 2.24. The van der Waals surface area contributed by atoms with Crippen molar-refractivity contribution in [1.82, 2.24) is 25.1 Å². The van der Waals surface area contributed by atoms with E-state index in [1.165, 1.54) is 23.1 Å². The Morgan fingerprint density at radius 3 is 2.52 bits per heavy atom. The van der Waals surface area contributed by atoms with E-state index in [0.717, 1.165) is 18.8 Å². The molecule has 0 atom stereocenters. The molecule has 1 aliphatic rings. The van der Waals surface area contributed by atoms with Gasteiger partial charge in [-0.3, -0.25) is 4.79 Å². The first kappa shape index (κ1) is 17.2. The molecule has 7 nitrogen and oxygen atoms in total. The molecule has 2 heterocycles. The van der Waals surface area contributed by atoms with Gasteiger partial charge in [-0.2, -0.15) is 0 Å². The number of piperazine rings is 1. The molecule has 27 heavy (non-hydrogen) atoms. The Bertz CT molecular complexity index is 945. The second kappa shape index (κ2) is 7.19. The molecule has 0 spiro atoms. The molecule has 1 saturated heterocycles. The van der Waals surface area contributed by atoms with Gasteiger partial charge in [0, 0.05) is 37.4 Å². The van der Waals surface area contributed by atoms with Crippen LogP contribution in [0.25, 0.3) is 5.69 Å². The van der Waals surface area contributed by atoms with Crippen LogP contribution in [0.4, 0.5) is 5.69 Å². The summed E-state index contributed by atoms with van der Waals surface area (Å²) < 4.78 is 1.55. The van der Waals surface area contributed by atoms with Gasteiger partial charge >= 0.3 is 0 Å². The smallest absolute Gasteiger partial charge is 0.254 e. The lowest BCUT2D eigenvalue weighted by Gasteiger charge is -2.37. The lowest BCUT2D eigenvalue weighted by Crippen LogP contribution is -2.49. The molecule has 1 amide bonds. The predicted octanol–water partition coefficient (Wildman–Crippen LogP) is 2.24. The van der Waals surface area contributed by atoms with Crippen molar-refractivity contribution in [2.24, 2.45) is 0 Å². The average molecular weight is 362 g/mol. The number of amides is 1. The third-order valence-corrected chi connectivity index (χ3v) is 5.19. The van der Waals surface area contributed by atoms with Crippen molar-refractivity contribution in [3.63, 3.8) is 0 Å². The van der Waals surface area contributed by atoms with Gasteiger partial charge in [-0.1, -0.05) is 18.2 Å². The van der Waals surface area contributed by atoms with Crippen LogP contribution >= 0.6 is 0 Å². The first-order chi connectivity index (χ1) is 13.1. The van der Waals surface area contributed by atoms with Crippen molar-refractivity contribution in [2.45, 2.75) is 13.8 Å². The van der Waals surface area contributed by atoms with E-state index < -0.39 is 0 Å². The zero-order valence-corrected chi connectivity index (χ0v) is 15.5. The maximum Gasteiger partial charge on any atom is 0.254 e. The summed E-state index contributed by atoms with van der Waals surface area (Å²) in [5.41, 5.74) is 5.31. The van der Waals surface area contributed by atoms with Gasteiger partial charge in [0.1, 0.15) is 6.33 Å². The number of anilines is 1. The van der Waals surface area contributed by atoms with Crippen molar-refractivity contribution in [3.05, 3.63) is 65.5 Å². The minimum Gasteiger partial charge on any atom is -0.368 e. The molecule has 4 rings (SSSR count). The third kappa shape index (κ3) is 3.40. The zero-order chi connectivity index (χ0) is 18.8. The summed E-state index contributed by atoms with van der Waals surface area (Å²) >= 11 is 0. The van der Waals surface area contributed by atoms with Gasteiger partial charge in [-0.25, -0.2) is 4.68 Å². The number of hydrogen-bond acceptors (Lipinski definition) is 5. The van der Waals surface area contributed by atoms with Crippen LogP contribution in [0.5, 0.6) is 0 Å². The predicted molar refractivity (Wildman–Crippen MR) is 103 cm³/mol. The Hall–Kier alpha value is -3.22. The maximum atomic E-state index is 12.9. The summed E-state index contributed by atoms with van der Waals surface area (Å²) in [5, 5.41) is 11.2. The van der Waals surface area contributed by atoms with Gasteiger partial charge in [-0.15, -0.1) is 5.10 Å². The van der Waals surface area contributed by atoms with E-state index >= 15 is 0 Å². The number of nitrogens with zero attached hydrogens (tertiary/aromatic N) is 6. The lowest BCUT2D eigenvalue weighted by molar-refractivity contribution is 0.0746. The maximum absolute atomic E-state index is 12.9. The Morgan fingerprint density at radius 1 is 1.00 bits per heavy atom. The Morgan fingerprint density at radius 2 is 1.78 bits per heavy atom. The third-order valence-electron chi connectivity index (χ3n) is 5.19. The Labute approximate surface area is 158 Å². The first-order valence-electron chi connectivity index (χ1n) is 9.07. The van der Waals surface area contributed by atoms with Crippen LogP contribution < -0.4 is 4.90 Å². The summed E-state index contributed by atoms with van der Waals surface area (Å²) in [6.45, 7) is 7.39. The Kier molecular flexibility index (Phi) is 4.58. The van der Waals surface area contributed by atoms with Gasteiger partial charge in [0.15, 0.2) is 0 Å². The van der Waals surface area contributed by atoms with Crippen molar-refractivity contribution in [3.8, 4) is 5.69 Å². The zero-order valence-electron chi connectivity index (χ0n) is 15.5. The highest BCUT2D eigenvalue weighted by atomic mass is 16.2. The lowest BCUT2D eigenvalue weighted by atomic mass is 10.1. The largest absolute Gasteiger partial charge is 0.368 e. The van der Waals surface area contributed by atoms with E-state index in [1.54, 1.807) is 4.68 Å². The number of aromatic nitrogens is 4. The summed E-state index contributed by atoms with van der Waals surface area (Å²) in [5.74, 6) is 0.0468. The molecule has 1 fully saturated rings. The number of rotatable bonds is 3. The molecule has 1 aromatic heterocycles. The van der Waals surface area contributed by atoms with E-state index in [4.69, 9.17) is 0 Å². The molecule has 7 heteroatoms. The molecule has 138 valence electrons. The summed E-state index contributed by atoms with van der Waals surface area (Å²) in [6.07, 6.45) is 1.52. The number of carbonyl (C=O) groups excluding carboxylic acids is 1. The number of aryl methyl sites for hydroxylation is 1. The van der Waals surface area contributed by atoms with Crippen LogP contribution in [0.2, 0.25) is 0 Å². The Balaban J connectivity index is 1.46. The van der Waals surface area contributed by atoms with Gasteiger partial charge in [0.25, 0.3) is 5.91 Å². The average Bonchev–Trinajstić information content (AvgIpc) is 3.25. The van der Waals surface area contributed by atoms with Crippen LogP contribution in [0.1, 0.15) is 21.5 Å². The molecular formula is C20H22N6O. The summed E-state index contributed by atoms with van der Waals surface area (Å²) in [6, 6.07) is 13.8. The SMILES string of the molecule is Cc1cccc(N2CCN(C(=O)c3cccc(-n4cnnn4)c3)CC2)c1C. The topological polar surface area (TPSA) is 67.2 Å². The standard InChI is InChI=1S/C20H22N6O/c1-15-5-3-8-19(16(15)2)24-9-11-25(12-10-24)20(27)17-6-4-7-18(13-17)26-14-21-22-23-26/h3-8,13-14H,9-12H2,1-2H3. The fourth-order valence-electron chi connectivity index (χ4n) is 3.47. The van der Waals surface area contributed by atoms with Crippen LogP contribution in [0, 0.1) is 13.8 Å². The molecule has 2 aromatic carbocycles. The first-order valence-corrected chi connectivity index (χ1v) is 9.07. The molecule has 3 aromatic rings. The second-order valence-corrected chi connectivity index (χ2v) is 6.80. The molecule has 0 unspecified atom stereocenters. The molecule has 0 radical (unpaired) electrons. The van der Waals surface area contributed by atoms with Gasteiger partial charge in [0.2, 0.25) is 0 Å². The van der Waals surface area contributed by atoms with Gasteiger partial charge in [-0.05, 0) is 59.7 Å². The fourth-order valence-corrected chi connectivity index (χ4v) is 3.47. The molecule has 1 aliphatic heterocycles. The van der Waals surface area contributed by atoms with E-state index in [-0.39, 0.29) is 5.91 Å². The monoisotopic (exact) mass is 362 g/mol. The quantitative estimate of drug-likeness (QED) is 0.715. The molecular weight excluding hydrogens is 340 g/mol. The van der Waals surface area contributed by atoms with E-state index in [9.17, 15) is 4.79 Å². The van der Waals surface area contributed by atoms with E-state index in [2.05, 4.69) is 52.5 Å². The minimum absolute atomic E-state index is 0.0468. The van der Waals surface area contributed by atoms with Crippen molar-refractivity contribution in [1.29, 1.82) is 0 Å². The number of tetrazole rings is 1. The normalized spacial score (nSPS) is 14.4. The van der Waals surface area contributed by atoms with Crippen LogP contribution in [-0.4, -0.2) is 57.2 Å². The van der Waals surface area contributed by atoms with E-state index in [1.807, 2.05) is 29.2 Å². The van der Waals surface area contributed by atoms with Gasteiger partial charge < -0.3 is 9.80 Å². The highest BCUT2D eigenvalue weighted by molar-refractivity contribution is 5.95. The molecule has 0 aliphatic carbocycles. The number of carbonyl (C=O) groups is 1. The highest BCUT2D eigenvalue weighted by Gasteiger charge is 2.23. The second-order valence-electron chi connectivity index (χ2n) is 6.80. The fraction of sp³-hybridized carbons (Fsp3) is 0.300. The van der Waals surface area contributed by atoms with Gasteiger partial charge in [0.05, 0.1) is 5.69 Å². The van der Waals surface area contributed by atoms with Crippen molar-refractivity contribution in [2.75, 3.05) is 31.1 Å². The van der Waals surface area contributed by atoms with Crippen LogP contribution in [0.3, 0.4) is 0 Å². The van der Waals surface area contributed by atoms with Crippen LogP contribution in [0.15, 0.2) is 48.8 Å². The molecule has 0 N–H and O–H groups in total. The molecule has 0 saturated carbocycles. The summed E-state index contributed by atoms with van der Waals surface area (Å²) in [7, 11) is 0. The number of benzene rings is 2. The van der Waals surface area contributed by atoms with Crippen molar-refractivity contribution >= 4 is 11.6 Å². The molecule has 0 bridgehead atoms. The number of hydrogen-bond donors (Lipinski definition) is 0. The summed E-state index contributed by atoms with van der Waals surface area (Å²) in [4.78, 5) is 17.2. The minimum atomic E-state index is 0.0468.